The largest absolute Gasteiger partial charge is 0.462 e. The lowest BCUT2D eigenvalue weighted by Crippen LogP contribution is -2.22. The number of nitrogens with one attached hydrogen (secondary N) is 1. The van der Waals surface area contributed by atoms with E-state index in [2.05, 4.69) is 12.2 Å². The SMILES string of the molecule is CCCC[C@H](CC)C(=O)Nc1cc(C(=O)OCC)ccc1Cl. The number of unbranched alkanes of at least 4 members (excludes halogenated alkanes) is 1. The molecule has 0 fully saturated rings. The van der Waals surface area contributed by atoms with Crippen LogP contribution in [-0.4, -0.2) is 18.5 Å². The van der Waals surface area contributed by atoms with Gasteiger partial charge in [-0.25, -0.2) is 4.79 Å². The van der Waals surface area contributed by atoms with Crippen molar-refractivity contribution in [2.45, 2.75) is 46.5 Å². The molecular formula is C17H24ClNO3. The molecule has 1 atom stereocenters. The predicted molar refractivity (Wildman–Crippen MR) is 89.3 cm³/mol. The van der Waals surface area contributed by atoms with Gasteiger partial charge in [0.25, 0.3) is 0 Å². The van der Waals surface area contributed by atoms with Gasteiger partial charge in [0.2, 0.25) is 5.91 Å². The molecule has 122 valence electrons. The van der Waals surface area contributed by atoms with Gasteiger partial charge < -0.3 is 10.1 Å². The number of hydrogen-bond donors (Lipinski definition) is 1. The van der Waals surface area contributed by atoms with Crippen LogP contribution >= 0.6 is 11.6 Å². The second-order valence-corrected chi connectivity index (χ2v) is 5.56. The van der Waals surface area contributed by atoms with Crippen molar-refractivity contribution in [1.82, 2.24) is 0 Å². The maximum absolute atomic E-state index is 12.3. The third kappa shape index (κ3) is 5.34. The van der Waals surface area contributed by atoms with Gasteiger partial charge in [-0.2, -0.15) is 0 Å². The Morgan fingerprint density at radius 1 is 1.27 bits per heavy atom. The number of benzene rings is 1. The summed E-state index contributed by atoms with van der Waals surface area (Å²) in [7, 11) is 0. The van der Waals surface area contributed by atoms with Gasteiger partial charge in [-0.1, -0.05) is 38.3 Å². The highest BCUT2D eigenvalue weighted by molar-refractivity contribution is 6.33. The molecule has 1 aromatic rings. The summed E-state index contributed by atoms with van der Waals surface area (Å²) in [6.45, 7) is 6.15. The van der Waals surface area contributed by atoms with E-state index in [9.17, 15) is 9.59 Å². The molecule has 0 spiro atoms. The first kappa shape index (κ1) is 18.5. The van der Waals surface area contributed by atoms with Crippen molar-refractivity contribution in [1.29, 1.82) is 0 Å². The molecule has 1 N–H and O–H groups in total. The van der Waals surface area contributed by atoms with E-state index < -0.39 is 5.97 Å². The average Bonchev–Trinajstić information content (AvgIpc) is 2.50. The second kappa shape index (κ2) is 9.46. The van der Waals surface area contributed by atoms with Crippen LogP contribution in [0, 0.1) is 5.92 Å². The number of amides is 1. The minimum Gasteiger partial charge on any atom is -0.462 e. The molecule has 0 saturated carbocycles. The zero-order chi connectivity index (χ0) is 16.5. The Labute approximate surface area is 137 Å². The van der Waals surface area contributed by atoms with Gasteiger partial charge in [0.05, 0.1) is 22.9 Å². The topological polar surface area (TPSA) is 55.4 Å². The molecule has 0 aliphatic heterocycles. The molecule has 0 aromatic heterocycles. The number of carbonyl (C=O) groups excluding carboxylic acids is 2. The number of esters is 1. The van der Waals surface area contributed by atoms with Gasteiger partial charge >= 0.3 is 5.97 Å². The Bertz CT molecular complexity index is 517. The number of halogens is 1. The van der Waals surface area contributed by atoms with Crippen LogP contribution in [0.25, 0.3) is 0 Å². The standard InChI is InChI=1S/C17H24ClNO3/c1-4-7-8-12(5-2)16(20)19-15-11-13(9-10-14(15)18)17(21)22-6-3/h9-12H,4-8H2,1-3H3,(H,19,20)/t12-/m0/s1. The van der Waals surface area contributed by atoms with Crippen LogP contribution in [0.2, 0.25) is 5.02 Å². The maximum Gasteiger partial charge on any atom is 0.338 e. The van der Waals surface area contributed by atoms with Crippen LogP contribution in [0.15, 0.2) is 18.2 Å². The van der Waals surface area contributed by atoms with E-state index in [1.807, 2.05) is 6.92 Å². The third-order valence-electron chi connectivity index (χ3n) is 3.51. The lowest BCUT2D eigenvalue weighted by Gasteiger charge is -2.16. The van der Waals surface area contributed by atoms with Crippen LogP contribution in [-0.2, 0) is 9.53 Å². The fraction of sp³-hybridized carbons (Fsp3) is 0.529. The van der Waals surface area contributed by atoms with E-state index in [0.717, 1.165) is 25.7 Å². The van der Waals surface area contributed by atoms with Gasteiger partial charge in [-0.3, -0.25) is 4.79 Å². The summed E-state index contributed by atoms with van der Waals surface area (Å²) in [5, 5.41) is 3.24. The lowest BCUT2D eigenvalue weighted by atomic mass is 9.98. The van der Waals surface area contributed by atoms with Crippen molar-refractivity contribution in [3.63, 3.8) is 0 Å². The van der Waals surface area contributed by atoms with Gasteiger partial charge in [0, 0.05) is 5.92 Å². The molecule has 0 radical (unpaired) electrons. The summed E-state index contributed by atoms with van der Waals surface area (Å²) in [4.78, 5) is 24.1. The van der Waals surface area contributed by atoms with Gasteiger partial charge in [0.15, 0.2) is 0 Å². The van der Waals surface area contributed by atoms with Gasteiger partial charge in [0.1, 0.15) is 0 Å². The number of carbonyl (C=O) groups is 2. The third-order valence-corrected chi connectivity index (χ3v) is 3.83. The second-order valence-electron chi connectivity index (χ2n) is 5.15. The molecule has 5 heteroatoms. The van der Waals surface area contributed by atoms with Crippen LogP contribution < -0.4 is 5.32 Å². The summed E-state index contributed by atoms with van der Waals surface area (Å²) in [6, 6.07) is 4.74. The van der Waals surface area contributed by atoms with E-state index in [4.69, 9.17) is 16.3 Å². The summed E-state index contributed by atoms with van der Waals surface area (Å²) < 4.78 is 4.95. The fourth-order valence-corrected chi connectivity index (χ4v) is 2.33. The first-order chi connectivity index (χ1) is 10.5. The van der Waals surface area contributed by atoms with E-state index >= 15 is 0 Å². The molecule has 0 aliphatic rings. The molecule has 1 amide bonds. The molecule has 0 aliphatic carbocycles. The molecular weight excluding hydrogens is 302 g/mol. The molecule has 1 rings (SSSR count). The van der Waals surface area contributed by atoms with E-state index in [-0.39, 0.29) is 11.8 Å². The van der Waals surface area contributed by atoms with Crippen LogP contribution in [0.3, 0.4) is 0 Å². The molecule has 0 unspecified atom stereocenters. The molecule has 0 bridgehead atoms. The smallest absolute Gasteiger partial charge is 0.338 e. The number of hydrogen-bond acceptors (Lipinski definition) is 3. The maximum atomic E-state index is 12.3. The summed E-state index contributed by atoms with van der Waals surface area (Å²) in [5.74, 6) is -0.520. The van der Waals surface area contributed by atoms with Crippen LogP contribution in [0.4, 0.5) is 5.69 Å². The average molecular weight is 326 g/mol. The Balaban J connectivity index is 2.85. The van der Waals surface area contributed by atoms with Crippen molar-refractivity contribution < 1.29 is 14.3 Å². The Hall–Kier alpha value is -1.55. The minimum atomic E-state index is -0.423. The van der Waals surface area contributed by atoms with Crippen molar-refractivity contribution in [2.75, 3.05) is 11.9 Å². The van der Waals surface area contributed by atoms with Crippen molar-refractivity contribution >= 4 is 29.2 Å². The molecule has 0 saturated heterocycles. The van der Waals surface area contributed by atoms with Crippen LogP contribution in [0.1, 0.15) is 56.8 Å². The van der Waals surface area contributed by atoms with Crippen molar-refractivity contribution in [3.8, 4) is 0 Å². The van der Waals surface area contributed by atoms with E-state index in [1.54, 1.807) is 25.1 Å². The predicted octanol–water partition coefficient (Wildman–Crippen LogP) is 4.67. The first-order valence-corrected chi connectivity index (χ1v) is 8.18. The fourth-order valence-electron chi connectivity index (χ4n) is 2.17. The van der Waals surface area contributed by atoms with Gasteiger partial charge in [-0.15, -0.1) is 0 Å². The van der Waals surface area contributed by atoms with Gasteiger partial charge in [-0.05, 0) is 38.0 Å². The zero-order valence-corrected chi connectivity index (χ0v) is 14.2. The normalized spacial score (nSPS) is 11.8. The summed E-state index contributed by atoms with van der Waals surface area (Å²) >= 11 is 6.11. The highest BCUT2D eigenvalue weighted by atomic mass is 35.5. The highest BCUT2D eigenvalue weighted by Gasteiger charge is 2.18. The molecule has 4 nitrogen and oxygen atoms in total. The minimum absolute atomic E-state index is 0.0396. The molecule has 22 heavy (non-hydrogen) atoms. The Morgan fingerprint density at radius 2 is 2.00 bits per heavy atom. The summed E-state index contributed by atoms with van der Waals surface area (Å²) in [6.07, 6.45) is 3.71. The van der Waals surface area contributed by atoms with Crippen molar-refractivity contribution in [3.05, 3.63) is 28.8 Å². The number of anilines is 1. The molecule has 1 aromatic carbocycles. The lowest BCUT2D eigenvalue weighted by molar-refractivity contribution is -0.120. The quantitative estimate of drug-likeness (QED) is 0.706. The zero-order valence-electron chi connectivity index (χ0n) is 13.4. The molecule has 0 heterocycles. The van der Waals surface area contributed by atoms with Crippen LogP contribution in [0.5, 0.6) is 0 Å². The summed E-state index contributed by atoms with van der Waals surface area (Å²) in [5.41, 5.74) is 0.829. The number of rotatable bonds is 8. The Morgan fingerprint density at radius 3 is 2.59 bits per heavy atom. The first-order valence-electron chi connectivity index (χ1n) is 7.80. The monoisotopic (exact) mass is 325 g/mol. The van der Waals surface area contributed by atoms with E-state index in [0.29, 0.717) is 22.9 Å². The highest BCUT2D eigenvalue weighted by Crippen LogP contribution is 2.25. The van der Waals surface area contributed by atoms with Crippen molar-refractivity contribution in [2.24, 2.45) is 5.92 Å². The number of ether oxygens (including phenoxy) is 1. The van der Waals surface area contributed by atoms with E-state index in [1.165, 1.54) is 0 Å². The Kier molecular flexibility index (Phi) is 7.96.